The molecule has 1 saturated heterocycles. The number of halogens is 1. The van der Waals surface area contributed by atoms with Gasteiger partial charge in [-0.15, -0.1) is 0 Å². The zero-order valence-electron chi connectivity index (χ0n) is 30.5. The van der Waals surface area contributed by atoms with E-state index in [4.69, 9.17) is 31.3 Å². The molecule has 0 spiro atoms. The molecule has 2 fully saturated rings. The zero-order chi connectivity index (χ0) is 37.9. The van der Waals surface area contributed by atoms with E-state index in [-0.39, 0.29) is 25.3 Å². The summed E-state index contributed by atoms with van der Waals surface area (Å²) in [5, 5.41) is 26.2. The number of alkyl carbamates (subject to hydrolysis) is 1. The minimum Gasteiger partial charge on any atom is -0.494 e. The fourth-order valence-electron chi connectivity index (χ4n) is 7.08. The predicted octanol–water partition coefficient (Wildman–Crippen LogP) is 6.18. The number of nitrogens with one attached hydrogen (secondary N) is 2. The molecule has 14 heteroatoms. The first-order chi connectivity index (χ1) is 25.3. The number of carboxylic acids is 1. The Labute approximate surface area is 314 Å². The van der Waals surface area contributed by atoms with Gasteiger partial charge in [-0.2, -0.15) is 15.0 Å². The van der Waals surface area contributed by atoms with Gasteiger partial charge in [-0.05, 0) is 89.8 Å². The number of carbonyl (C=O) groups excluding carboxylic acids is 3. The number of hydrogen-bond donors (Lipinski definition) is 3. The third-order valence-electron chi connectivity index (χ3n) is 9.82. The number of aromatic nitrogens is 3. The second-order valence-corrected chi connectivity index (χ2v) is 15.4. The molecule has 282 valence electrons. The van der Waals surface area contributed by atoms with E-state index in [1.165, 1.54) is 9.70 Å². The lowest BCUT2D eigenvalue weighted by atomic mass is 10.0. The summed E-state index contributed by atoms with van der Waals surface area (Å²) < 4.78 is 11.2. The Kier molecular flexibility index (Phi) is 11.1. The van der Waals surface area contributed by atoms with Crippen LogP contribution in [0.4, 0.5) is 4.79 Å². The largest absolute Gasteiger partial charge is 0.494 e. The number of amides is 3. The summed E-state index contributed by atoms with van der Waals surface area (Å²) in [5.74, 6) is -1.82. The van der Waals surface area contributed by atoms with Gasteiger partial charge in [0.15, 0.2) is 0 Å². The molecule has 53 heavy (non-hydrogen) atoms. The molecule has 2 aliphatic heterocycles. The van der Waals surface area contributed by atoms with Crippen molar-refractivity contribution in [1.29, 1.82) is 0 Å². The van der Waals surface area contributed by atoms with Crippen LogP contribution in [0, 0.1) is 5.92 Å². The monoisotopic (exact) mass is 746 g/mol. The van der Waals surface area contributed by atoms with E-state index in [2.05, 4.69) is 10.6 Å². The standard InChI is InChI=1S/C39H47ClN6O7/c1-5-52-29-18-16-24(17-19-29)32-33(25-12-11-14-27(40)20-25)44-46(43-32)28-21-31-34(47)42-39(36(49)50)22-26(39)13-9-7-6-8-10-15-30(35(48)45(31)23-28)41-37(51)53-38(2,3)4/h9,11-14,16-20,26,28,30-31H,5-8,10,15,21-23H2,1-4H3,(H,41,51)(H,42,47)(H,49,50)/t26-,28+,30+,31+,39-/m1/s1. The topological polar surface area (TPSA) is 165 Å². The lowest BCUT2D eigenvalue weighted by Gasteiger charge is -2.30. The number of fused-ring (bicyclic) bond motifs is 2. The molecule has 3 heterocycles. The summed E-state index contributed by atoms with van der Waals surface area (Å²) >= 11 is 6.40. The SMILES string of the molecule is CCOc1ccc(-c2nn([C@H]3C[C@H]4C(=O)N[C@]5(C(=O)O)C[C@H]5C=CCCCCC[C@H](NC(=O)OC(C)(C)C)C(=O)N4C3)nc2-c2cccc(Cl)c2)cc1. The van der Waals surface area contributed by atoms with Crippen LogP contribution in [0.5, 0.6) is 5.75 Å². The van der Waals surface area contributed by atoms with E-state index in [1.54, 1.807) is 32.9 Å². The van der Waals surface area contributed by atoms with Crippen molar-refractivity contribution in [3.05, 3.63) is 65.7 Å². The number of carboxylic acid groups (broad SMARTS) is 1. The van der Waals surface area contributed by atoms with Crippen LogP contribution >= 0.6 is 11.6 Å². The summed E-state index contributed by atoms with van der Waals surface area (Å²) in [5.41, 5.74) is 0.372. The Morgan fingerprint density at radius 1 is 1.06 bits per heavy atom. The number of allylic oxidation sites excluding steroid dienone is 1. The molecule has 1 aromatic heterocycles. The quantitative estimate of drug-likeness (QED) is 0.240. The van der Waals surface area contributed by atoms with Crippen molar-refractivity contribution in [2.45, 2.75) is 102 Å². The number of hydrogen-bond acceptors (Lipinski definition) is 8. The van der Waals surface area contributed by atoms with Crippen molar-refractivity contribution in [2.24, 2.45) is 5.92 Å². The number of rotatable bonds is 7. The van der Waals surface area contributed by atoms with E-state index in [0.717, 1.165) is 30.4 Å². The first-order valence-corrected chi connectivity index (χ1v) is 18.6. The van der Waals surface area contributed by atoms with Gasteiger partial charge in [0, 0.05) is 35.0 Å². The van der Waals surface area contributed by atoms with Crippen molar-refractivity contribution < 1.29 is 33.8 Å². The second-order valence-electron chi connectivity index (χ2n) is 14.9. The third-order valence-corrected chi connectivity index (χ3v) is 10.1. The lowest BCUT2D eigenvalue weighted by Crippen LogP contribution is -2.56. The van der Waals surface area contributed by atoms with Crippen LogP contribution in [0.1, 0.15) is 78.7 Å². The summed E-state index contributed by atoms with van der Waals surface area (Å²) in [6.45, 7) is 7.69. The van der Waals surface area contributed by atoms with Gasteiger partial charge in [0.25, 0.3) is 0 Å². The summed E-state index contributed by atoms with van der Waals surface area (Å²) in [6, 6.07) is 12.1. The molecule has 2 aromatic carbocycles. The van der Waals surface area contributed by atoms with Crippen LogP contribution in [0.25, 0.3) is 22.5 Å². The van der Waals surface area contributed by atoms with Crippen LogP contribution in [-0.2, 0) is 19.1 Å². The van der Waals surface area contributed by atoms with Gasteiger partial charge in [0.1, 0.15) is 40.4 Å². The molecule has 0 radical (unpaired) electrons. The molecule has 5 atom stereocenters. The number of carbonyl (C=O) groups is 4. The lowest BCUT2D eigenvalue weighted by molar-refractivity contribution is -0.145. The highest BCUT2D eigenvalue weighted by Crippen LogP contribution is 2.46. The zero-order valence-corrected chi connectivity index (χ0v) is 31.3. The molecule has 3 N–H and O–H groups in total. The van der Waals surface area contributed by atoms with E-state index in [1.807, 2.05) is 55.5 Å². The van der Waals surface area contributed by atoms with E-state index >= 15 is 0 Å². The fourth-order valence-corrected chi connectivity index (χ4v) is 7.27. The average Bonchev–Trinajstić information content (AvgIpc) is 3.40. The second kappa shape index (κ2) is 15.6. The molecular weight excluding hydrogens is 700 g/mol. The van der Waals surface area contributed by atoms with Gasteiger partial charge in [-0.1, -0.05) is 48.7 Å². The van der Waals surface area contributed by atoms with Crippen molar-refractivity contribution >= 4 is 35.5 Å². The molecule has 3 aliphatic rings. The number of aliphatic carboxylic acids is 1. The minimum absolute atomic E-state index is 0.0409. The maximum absolute atomic E-state index is 14.5. The maximum Gasteiger partial charge on any atom is 0.408 e. The highest BCUT2D eigenvalue weighted by molar-refractivity contribution is 6.30. The van der Waals surface area contributed by atoms with Crippen LogP contribution < -0.4 is 15.4 Å². The van der Waals surface area contributed by atoms with Crippen LogP contribution in [0.15, 0.2) is 60.7 Å². The smallest absolute Gasteiger partial charge is 0.408 e. The number of benzene rings is 2. The van der Waals surface area contributed by atoms with E-state index in [9.17, 15) is 24.3 Å². The highest BCUT2D eigenvalue weighted by atomic mass is 35.5. The molecule has 3 aromatic rings. The molecule has 6 rings (SSSR count). The van der Waals surface area contributed by atoms with Gasteiger partial charge in [-0.25, -0.2) is 9.59 Å². The normalized spacial score (nSPS) is 25.0. The Morgan fingerprint density at radius 2 is 1.79 bits per heavy atom. The van der Waals surface area contributed by atoms with Gasteiger partial charge < -0.3 is 30.1 Å². The minimum atomic E-state index is -1.46. The fraction of sp³-hybridized carbons (Fsp3) is 0.487. The summed E-state index contributed by atoms with van der Waals surface area (Å²) in [6.07, 6.45) is 6.80. The van der Waals surface area contributed by atoms with Gasteiger partial charge in [-0.3, -0.25) is 9.59 Å². The van der Waals surface area contributed by atoms with Crippen molar-refractivity contribution in [3.63, 3.8) is 0 Å². The first-order valence-electron chi connectivity index (χ1n) is 18.3. The summed E-state index contributed by atoms with van der Waals surface area (Å²) in [4.78, 5) is 57.2. The number of ether oxygens (including phenoxy) is 2. The van der Waals surface area contributed by atoms with Crippen molar-refractivity contribution in [1.82, 2.24) is 30.5 Å². The van der Waals surface area contributed by atoms with Gasteiger partial charge >= 0.3 is 12.1 Å². The van der Waals surface area contributed by atoms with Crippen LogP contribution in [-0.4, -0.2) is 85.3 Å². The maximum atomic E-state index is 14.5. The van der Waals surface area contributed by atoms with Gasteiger partial charge in [0.05, 0.1) is 12.6 Å². The van der Waals surface area contributed by atoms with E-state index < -0.39 is 53.1 Å². The molecule has 1 saturated carbocycles. The molecule has 0 unspecified atom stereocenters. The Balaban J connectivity index is 1.37. The Bertz CT molecular complexity index is 1870. The highest BCUT2D eigenvalue weighted by Gasteiger charge is 2.61. The van der Waals surface area contributed by atoms with Gasteiger partial charge in [0.2, 0.25) is 11.8 Å². The molecule has 13 nitrogen and oxygen atoms in total. The first kappa shape index (κ1) is 37.8. The average molecular weight is 747 g/mol. The summed E-state index contributed by atoms with van der Waals surface area (Å²) in [7, 11) is 0. The Hall–Kier alpha value is -4.91. The van der Waals surface area contributed by atoms with Crippen molar-refractivity contribution in [3.8, 4) is 28.3 Å². The molecular formula is C39H47ClN6O7. The van der Waals surface area contributed by atoms with Crippen LogP contribution in [0.2, 0.25) is 5.02 Å². The molecule has 0 bridgehead atoms. The van der Waals surface area contributed by atoms with E-state index in [0.29, 0.717) is 41.6 Å². The van der Waals surface area contributed by atoms with Crippen molar-refractivity contribution in [2.75, 3.05) is 13.2 Å². The number of nitrogens with zero attached hydrogens (tertiary/aromatic N) is 4. The third kappa shape index (κ3) is 8.67. The molecule has 1 aliphatic carbocycles. The van der Waals surface area contributed by atoms with Crippen LogP contribution in [0.3, 0.4) is 0 Å². The predicted molar refractivity (Wildman–Crippen MR) is 198 cm³/mol. The molecule has 3 amide bonds. The Morgan fingerprint density at radius 3 is 2.47 bits per heavy atom.